The van der Waals surface area contributed by atoms with Gasteiger partial charge in [0.05, 0.1) is 19.3 Å². The molecule has 41 heavy (non-hydrogen) atoms. The van der Waals surface area contributed by atoms with E-state index in [2.05, 4.69) is 15.0 Å². The van der Waals surface area contributed by atoms with E-state index in [1.165, 1.54) is 22.5 Å². The Balaban J connectivity index is 1.29. The monoisotopic (exact) mass is 592 g/mol. The van der Waals surface area contributed by atoms with Crippen LogP contribution in [-0.4, -0.2) is 76.9 Å². The molecule has 2 aliphatic rings. The number of nitrogens with one attached hydrogen (secondary N) is 1. The lowest BCUT2D eigenvalue weighted by atomic mass is 9.89. The summed E-state index contributed by atoms with van der Waals surface area (Å²) in [6.07, 6.45) is -2.36. The third-order valence-corrected chi connectivity index (χ3v) is 8.68. The molecule has 0 bridgehead atoms. The van der Waals surface area contributed by atoms with Crippen LogP contribution < -0.4 is 10.1 Å². The van der Waals surface area contributed by atoms with Crippen LogP contribution >= 0.6 is 0 Å². The van der Waals surface area contributed by atoms with Gasteiger partial charge in [0.2, 0.25) is 10.0 Å². The lowest BCUT2D eigenvalue weighted by Gasteiger charge is -2.34. The van der Waals surface area contributed by atoms with E-state index in [-0.39, 0.29) is 50.5 Å². The van der Waals surface area contributed by atoms with Crippen LogP contribution in [0.25, 0.3) is 17.0 Å². The van der Waals surface area contributed by atoms with Crippen molar-refractivity contribution in [3.8, 4) is 5.75 Å². The Kier molecular flexibility index (Phi) is 7.68. The molecule has 0 aliphatic carbocycles. The predicted octanol–water partition coefficient (Wildman–Crippen LogP) is 2.60. The Labute approximate surface area is 233 Å². The zero-order chi connectivity index (χ0) is 29.4. The number of aromatic nitrogens is 1. The van der Waals surface area contributed by atoms with Gasteiger partial charge in [-0.25, -0.2) is 8.42 Å². The third-order valence-electron chi connectivity index (χ3n) is 7.12. The Morgan fingerprint density at radius 2 is 1.88 bits per heavy atom. The number of amidine groups is 1. The van der Waals surface area contributed by atoms with Crippen LogP contribution in [0.3, 0.4) is 0 Å². The van der Waals surface area contributed by atoms with Crippen molar-refractivity contribution in [2.24, 2.45) is 4.99 Å². The Morgan fingerprint density at radius 3 is 2.59 bits per heavy atom. The first-order chi connectivity index (χ1) is 19.4. The van der Waals surface area contributed by atoms with Gasteiger partial charge in [-0.2, -0.15) is 4.31 Å². The molecular weight excluding hydrogens is 565 g/mol. The van der Waals surface area contributed by atoms with Crippen LogP contribution in [0.5, 0.6) is 5.75 Å². The standard InChI is InChI=1S/C27H27F3N4O6S/c28-27(29,30)40-21-5-1-4-19(15-21)24-31-25(37)26(32-24)9-12-34(13-10-26)41(38,39)14-8-18-3-2-6-23-22(18)7-11-33(23)16-20(36)17-35/h1-8,11,14-15,20,35-36H,9-10,12-13,16-17H2,(H,31,32,37)/t20-/m0/s1. The van der Waals surface area contributed by atoms with Crippen molar-refractivity contribution in [1.82, 2.24) is 14.2 Å². The van der Waals surface area contributed by atoms with Crippen molar-refractivity contribution in [3.63, 3.8) is 0 Å². The summed E-state index contributed by atoms with van der Waals surface area (Å²) in [7, 11) is -3.85. The number of hydrogen-bond acceptors (Lipinski definition) is 7. The number of aliphatic hydroxyl groups is 2. The summed E-state index contributed by atoms with van der Waals surface area (Å²) in [6, 6.07) is 12.3. The summed E-state index contributed by atoms with van der Waals surface area (Å²) in [5, 5.41) is 23.4. The number of aliphatic imine (C=N–C) groups is 1. The fourth-order valence-electron chi connectivity index (χ4n) is 5.03. The van der Waals surface area contributed by atoms with Gasteiger partial charge in [0.15, 0.2) is 0 Å². The second-order valence-electron chi connectivity index (χ2n) is 9.85. The highest BCUT2D eigenvalue weighted by molar-refractivity contribution is 7.92. The molecule has 2 aromatic carbocycles. The smallest absolute Gasteiger partial charge is 0.406 e. The fraction of sp³-hybridized carbons (Fsp3) is 0.333. The van der Waals surface area contributed by atoms with Gasteiger partial charge in [-0.3, -0.25) is 9.79 Å². The van der Waals surface area contributed by atoms with Crippen molar-refractivity contribution in [3.05, 3.63) is 71.3 Å². The van der Waals surface area contributed by atoms with E-state index in [1.54, 1.807) is 29.0 Å². The normalized spacial score (nSPS) is 18.7. The summed E-state index contributed by atoms with van der Waals surface area (Å²) in [4.78, 5) is 17.4. The zero-order valence-corrected chi connectivity index (χ0v) is 22.4. The molecule has 3 aromatic rings. The SMILES string of the molecule is O=C1NC(c2cccc(OC(F)(F)F)c2)=NC12CCN(S(=O)(=O)C=Cc1cccc3c1ccn3C[C@H](O)CO)CC2. The number of hydrogen-bond donors (Lipinski definition) is 3. The average Bonchev–Trinajstić information content (AvgIpc) is 3.48. The second-order valence-corrected chi connectivity index (χ2v) is 11.7. The highest BCUT2D eigenvalue weighted by atomic mass is 32.2. The number of fused-ring (bicyclic) bond motifs is 1. The molecule has 3 heterocycles. The number of nitrogens with zero attached hydrogens (tertiary/aromatic N) is 3. The Hall–Kier alpha value is -3.72. The van der Waals surface area contributed by atoms with Crippen LogP contribution in [0, 0.1) is 0 Å². The lowest BCUT2D eigenvalue weighted by Crippen LogP contribution is -2.50. The number of halogens is 3. The molecule has 1 amide bonds. The summed E-state index contributed by atoms with van der Waals surface area (Å²) >= 11 is 0. The minimum atomic E-state index is -4.87. The Bertz CT molecular complexity index is 1630. The van der Waals surface area contributed by atoms with E-state index < -0.39 is 39.7 Å². The van der Waals surface area contributed by atoms with Gasteiger partial charge >= 0.3 is 6.36 Å². The van der Waals surface area contributed by atoms with Crippen molar-refractivity contribution >= 4 is 38.7 Å². The number of aliphatic hydroxyl groups excluding tert-OH is 2. The molecule has 1 aromatic heterocycles. The topological polar surface area (TPSA) is 133 Å². The van der Waals surface area contributed by atoms with Crippen molar-refractivity contribution < 1.29 is 41.3 Å². The molecule has 5 rings (SSSR count). The molecule has 0 radical (unpaired) electrons. The highest BCUT2D eigenvalue weighted by Gasteiger charge is 2.47. The summed E-state index contributed by atoms with van der Waals surface area (Å²) in [5.41, 5.74) is 0.440. The maximum absolute atomic E-state index is 13.1. The van der Waals surface area contributed by atoms with E-state index in [0.717, 1.165) is 28.4 Å². The predicted molar refractivity (Wildman–Crippen MR) is 144 cm³/mol. The van der Waals surface area contributed by atoms with E-state index >= 15 is 0 Å². The number of rotatable bonds is 8. The third kappa shape index (κ3) is 6.15. The molecule has 0 saturated carbocycles. The fourth-order valence-corrected chi connectivity index (χ4v) is 6.21. The van der Waals surface area contributed by atoms with E-state index in [4.69, 9.17) is 5.11 Å². The number of ether oxygens (including phenoxy) is 1. The lowest BCUT2D eigenvalue weighted by molar-refractivity contribution is -0.274. The summed E-state index contributed by atoms with van der Waals surface area (Å²) in [5.74, 6) is -0.786. The molecule has 1 fully saturated rings. The van der Waals surface area contributed by atoms with Crippen molar-refractivity contribution in [2.45, 2.75) is 37.4 Å². The van der Waals surface area contributed by atoms with E-state index in [0.29, 0.717) is 5.56 Å². The molecule has 14 heteroatoms. The first-order valence-electron chi connectivity index (χ1n) is 12.7. The van der Waals surface area contributed by atoms with Crippen LogP contribution in [0.4, 0.5) is 13.2 Å². The zero-order valence-electron chi connectivity index (χ0n) is 21.6. The molecule has 1 saturated heterocycles. The molecule has 1 atom stereocenters. The summed E-state index contributed by atoms with van der Waals surface area (Å²) in [6.45, 7) is -0.153. The molecule has 10 nitrogen and oxygen atoms in total. The van der Waals surface area contributed by atoms with Crippen LogP contribution in [0.15, 0.2) is 65.1 Å². The van der Waals surface area contributed by atoms with E-state index in [1.807, 2.05) is 6.07 Å². The molecule has 2 aliphatic heterocycles. The number of benzene rings is 2. The molecule has 218 valence electrons. The number of sulfonamides is 1. The number of carbonyl (C=O) groups excluding carboxylic acids is 1. The van der Waals surface area contributed by atoms with Gasteiger partial charge in [0.1, 0.15) is 17.1 Å². The van der Waals surface area contributed by atoms with Gasteiger partial charge in [0, 0.05) is 41.2 Å². The summed E-state index contributed by atoms with van der Waals surface area (Å²) < 4.78 is 71.1. The highest BCUT2D eigenvalue weighted by Crippen LogP contribution is 2.33. The molecular formula is C27H27F3N4O6S. The van der Waals surface area contributed by atoms with Crippen LogP contribution in [0.2, 0.25) is 0 Å². The molecule has 0 unspecified atom stereocenters. The molecule has 1 spiro atoms. The van der Waals surface area contributed by atoms with Crippen LogP contribution in [0.1, 0.15) is 24.0 Å². The average molecular weight is 593 g/mol. The maximum Gasteiger partial charge on any atom is 0.573 e. The number of amides is 1. The van der Waals surface area contributed by atoms with Gasteiger partial charge in [-0.15, -0.1) is 13.2 Å². The van der Waals surface area contributed by atoms with Gasteiger partial charge < -0.3 is 24.8 Å². The Morgan fingerprint density at radius 1 is 1.15 bits per heavy atom. The second kappa shape index (κ2) is 10.9. The minimum Gasteiger partial charge on any atom is -0.406 e. The largest absolute Gasteiger partial charge is 0.573 e. The first-order valence-corrected chi connectivity index (χ1v) is 14.2. The number of carbonyl (C=O) groups is 1. The van der Waals surface area contributed by atoms with Gasteiger partial charge in [0.25, 0.3) is 5.91 Å². The van der Waals surface area contributed by atoms with Crippen molar-refractivity contribution in [1.29, 1.82) is 0 Å². The maximum atomic E-state index is 13.1. The first kappa shape index (κ1) is 28.8. The minimum absolute atomic E-state index is 0.0216. The van der Waals surface area contributed by atoms with Crippen molar-refractivity contribution in [2.75, 3.05) is 19.7 Å². The molecule has 3 N–H and O–H groups in total. The van der Waals surface area contributed by atoms with Gasteiger partial charge in [-0.1, -0.05) is 24.3 Å². The number of piperidine rings is 1. The van der Waals surface area contributed by atoms with Crippen LogP contribution in [-0.2, 0) is 21.4 Å². The van der Waals surface area contributed by atoms with Gasteiger partial charge in [-0.05, 0) is 48.7 Å². The number of alkyl halides is 3. The van der Waals surface area contributed by atoms with E-state index in [9.17, 15) is 31.5 Å². The quantitative estimate of drug-likeness (QED) is 0.368.